The maximum absolute atomic E-state index is 12.6. The number of esters is 1. The van der Waals surface area contributed by atoms with Crippen molar-refractivity contribution in [1.82, 2.24) is 4.57 Å². The zero-order valence-electron chi connectivity index (χ0n) is 12.5. The maximum Gasteiger partial charge on any atom is 0.343 e. The molecular formula is C17H18INO3. The van der Waals surface area contributed by atoms with Crippen LogP contribution >= 0.6 is 22.6 Å². The number of hydrogen-bond donors (Lipinski definition) is 0. The van der Waals surface area contributed by atoms with E-state index in [-0.39, 0.29) is 17.6 Å². The van der Waals surface area contributed by atoms with Crippen LogP contribution in [0, 0.1) is 3.57 Å². The van der Waals surface area contributed by atoms with E-state index in [1.54, 1.807) is 13.1 Å². The van der Waals surface area contributed by atoms with Crippen LogP contribution in [0.4, 0.5) is 0 Å². The Morgan fingerprint density at radius 3 is 2.77 bits per heavy atom. The predicted molar refractivity (Wildman–Crippen MR) is 94.4 cm³/mol. The highest BCUT2D eigenvalue weighted by Crippen LogP contribution is 2.32. The minimum Gasteiger partial charge on any atom is -0.462 e. The molecule has 1 aromatic carbocycles. The summed E-state index contributed by atoms with van der Waals surface area (Å²) in [5, 5.41) is 0.595. The maximum atomic E-state index is 12.6. The van der Waals surface area contributed by atoms with Crippen molar-refractivity contribution >= 4 is 39.5 Å². The van der Waals surface area contributed by atoms with Gasteiger partial charge in [-0.05, 0) is 60.6 Å². The van der Waals surface area contributed by atoms with Crippen LogP contribution in [0.3, 0.4) is 0 Å². The minimum absolute atomic E-state index is 0.141. The minimum atomic E-state index is -0.528. The number of carbonyl (C=O) groups is 1. The van der Waals surface area contributed by atoms with Crippen LogP contribution in [-0.2, 0) is 4.74 Å². The molecule has 4 nitrogen and oxygen atoms in total. The zero-order chi connectivity index (χ0) is 15.7. The molecule has 1 heterocycles. The molecule has 1 aliphatic carbocycles. The molecule has 1 fully saturated rings. The lowest BCUT2D eigenvalue weighted by molar-refractivity contribution is 0.0524. The van der Waals surface area contributed by atoms with E-state index in [2.05, 4.69) is 27.2 Å². The van der Waals surface area contributed by atoms with E-state index in [9.17, 15) is 9.59 Å². The van der Waals surface area contributed by atoms with Crippen LogP contribution in [0.5, 0.6) is 0 Å². The van der Waals surface area contributed by atoms with Gasteiger partial charge in [0.1, 0.15) is 5.56 Å². The summed E-state index contributed by atoms with van der Waals surface area (Å²) in [4.78, 5) is 24.7. The first kappa shape index (κ1) is 15.5. The van der Waals surface area contributed by atoms with Crippen molar-refractivity contribution < 1.29 is 9.53 Å². The molecular weight excluding hydrogens is 393 g/mol. The number of pyridine rings is 1. The van der Waals surface area contributed by atoms with E-state index < -0.39 is 5.97 Å². The first-order chi connectivity index (χ1) is 10.6. The fourth-order valence-corrected chi connectivity index (χ4v) is 3.64. The van der Waals surface area contributed by atoms with Gasteiger partial charge in [0.25, 0.3) is 0 Å². The number of rotatable bonds is 3. The van der Waals surface area contributed by atoms with Crippen molar-refractivity contribution in [2.75, 3.05) is 6.61 Å². The summed E-state index contributed by atoms with van der Waals surface area (Å²) >= 11 is 2.25. The van der Waals surface area contributed by atoms with Crippen molar-refractivity contribution in [3.05, 3.63) is 43.8 Å². The molecule has 2 aromatic rings. The third-order valence-electron chi connectivity index (χ3n) is 4.21. The topological polar surface area (TPSA) is 48.3 Å². The summed E-state index contributed by atoms with van der Waals surface area (Å²) in [6.07, 6.45) is 6.26. The van der Waals surface area contributed by atoms with Gasteiger partial charge in [0.05, 0.1) is 12.1 Å². The number of fused-ring (bicyclic) bond motifs is 1. The van der Waals surface area contributed by atoms with Gasteiger partial charge < -0.3 is 9.30 Å². The van der Waals surface area contributed by atoms with Crippen LogP contribution < -0.4 is 5.43 Å². The third kappa shape index (κ3) is 2.78. The SMILES string of the molecule is CCOC(=O)c1cn(C2CCCC2)c2cc(I)ccc2c1=O. The second-order valence-electron chi connectivity index (χ2n) is 5.60. The summed E-state index contributed by atoms with van der Waals surface area (Å²) in [5.41, 5.74) is 0.818. The molecule has 5 heteroatoms. The molecule has 0 N–H and O–H groups in total. The molecule has 0 radical (unpaired) electrons. The highest BCUT2D eigenvalue weighted by Gasteiger charge is 2.22. The Hall–Kier alpha value is -1.37. The lowest BCUT2D eigenvalue weighted by atomic mass is 10.1. The fraction of sp³-hybridized carbons (Fsp3) is 0.412. The molecule has 3 rings (SSSR count). The highest BCUT2D eigenvalue weighted by atomic mass is 127. The Morgan fingerprint density at radius 2 is 2.09 bits per heavy atom. The molecule has 0 saturated heterocycles. The van der Waals surface area contributed by atoms with E-state index in [1.807, 2.05) is 18.2 Å². The van der Waals surface area contributed by atoms with E-state index in [4.69, 9.17) is 4.74 Å². The summed E-state index contributed by atoms with van der Waals surface area (Å²) in [5.74, 6) is -0.528. The van der Waals surface area contributed by atoms with Gasteiger partial charge in [-0.2, -0.15) is 0 Å². The first-order valence-corrected chi connectivity index (χ1v) is 8.71. The fourth-order valence-electron chi connectivity index (χ4n) is 3.16. The molecule has 1 saturated carbocycles. The second-order valence-corrected chi connectivity index (χ2v) is 6.85. The predicted octanol–water partition coefficient (Wildman–Crippen LogP) is 3.90. The van der Waals surface area contributed by atoms with Gasteiger partial charge in [-0.25, -0.2) is 4.79 Å². The number of hydrogen-bond acceptors (Lipinski definition) is 3. The molecule has 116 valence electrons. The van der Waals surface area contributed by atoms with Gasteiger partial charge in [-0.3, -0.25) is 4.79 Å². The average Bonchev–Trinajstić information content (AvgIpc) is 3.01. The van der Waals surface area contributed by atoms with Gasteiger partial charge >= 0.3 is 5.97 Å². The second kappa shape index (κ2) is 6.40. The van der Waals surface area contributed by atoms with Crippen molar-refractivity contribution in [1.29, 1.82) is 0 Å². The number of ether oxygens (including phenoxy) is 1. The van der Waals surface area contributed by atoms with Crippen molar-refractivity contribution in [3.63, 3.8) is 0 Å². The van der Waals surface area contributed by atoms with E-state index >= 15 is 0 Å². The number of nitrogens with zero attached hydrogens (tertiary/aromatic N) is 1. The molecule has 0 aliphatic heterocycles. The Kier molecular flexibility index (Phi) is 4.52. The first-order valence-electron chi connectivity index (χ1n) is 7.63. The summed E-state index contributed by atoms with van der Waals surface area (Å²) in [6, 6.07) is 6.09. The lowest BCUT2D eigenvalue weighted by Gasteiger charge is -2.19. The largest absolute Gasteiger partial charge is 0.462 e. The Balaban J connectivity index is 2.26. The zero-order valence-corrected chi connectivity index (χ0v) is 14.6. The van der Waals surface area contributed by atoms with Crippen LogP contribution in [0.25, 0.3) is 10.9 Å². The molecule has 0 bridgehead atoms. The summed E-state index contributed by atoms with van der Waals surface area (Å²) < 4.78 is 8.24. The quantitative estimate of drug-likeness (QED) is 0.569. The monoisotopic (exact) mass is 411 g/mol. The van der Waals surface area contributed by atoms with Crippen molar-refractivity contribution in [3.8, 4) is 0 Å². The normalized spacial score (nSPS) is 15.4. The molecule has 22 heavy (non-hydrogen) atoms. The Labute approximate surface area is 142 Å². The number of carbonyl (C=O) groups excluding carboxylic acids is 1. The van der Waals surface area contributed by atoms with Crippen molar-refractivity contribution in [2.24, 2.45) is 0 Å². The van der Waals surface area contributed by atoms with Gasteiger partial charge in [0, 0.05) is 21.2 Å². The molecule has 1 aromatic heterocycles. The van der Waals surface area contributed by atoms with E-state index in [0.717, 1.165) is 21.9 Å². The Bertz CT molecular complexity index is 775. The Morgan fingerprint density at radius 1 is 1.36 bits per heavy atom. The molecule has 0 amide bonds. The van der Waals surface area contributed by atoms with E-state index in [1.165, 1.54) is 12.8 Å². The highest BCUT2D eigenvalue weighted by molar-refractivity contribution is 14.1. The molecule has 1 aliphatic rings. The average molecular weight is 411 g/mol. The smallest absolute Gasteiger partial charge is 0.343 e. The molecule has 0 unspecified atom stereocenters. The van der Waals surface area contributed by atoms with Crippen LogP contribution in [0.15, 0.2) is 29.2 Å². The molecule has 0 spiro atoms. The van der Waals surface area contributed by atoms with Crippen LogP contribution in [0.1, 0.15) is 49.0 Å². The van der Waals surface area contributed by atoms with Crippen LogP contribution in [-0.4, -0.2) is 17.1 Å². The summed E-state index contributed by atoms with van der Waals surface area (Å²) in [6.45, 7) is 2.02. The van der Waals surface area contributed by atoms with Gasteiger partial charge in [-0.15, -0.1) is 0 Å². The van der Waals surface area contributed by atoms with Gasteiger partial charge in [0.2, 0.25) is 5.43 Å². The molecule has 0 atom stereocenters. The van der Waals surface area contributed by atoms with Gasteiger partial charge in [0.15, 0.2) is 0 Å². The lowest BCUT2D eigenvalue weighted by Crippen LogP contribution is -2.22. The number of halogens is 1. The number of aromatic nitrogens is 1. The standard InChI is InChI=1S/C17H18INO3/c1-2-22-17(21)14-10-19(12-5-3-4-6-12)15-9-11(18)7-8-13(15)16(14)20/h7-10,12H,2-6H2,1H3. The third-order valence-corrected chi connectivity index (χ3v) is 4.88. The van der Waals surface area contributed by atoms with E-state index in [0.29, 0.717) is 11.4 Å². The number of benzene rings is 1. The van der Waals surface area contributed by atoms with Crippen LogP contribution in [0.2, 0.25) is 0 Å². The van der Waals surface area contributed by atoms with Gasteiger partial charge in [-0.1, -0.05) is 12.8 Å². The summed E-state index contributed by atoms with van der Waals surface area (Å²) in [7, 11) is 0. The van der Waals surface area contributed by atoms with Crippen molar-refractivity contribution in [2.45, 2.75) is 38.6 Å².